The molecule has 1 N–H and O–H groups in total. The number of H-pyrrole nitrogens is 1. The SMILES string of the molecule is Cc1[nH]ccc1C(=O)N1CCC[C@]2(CCC(=O)N(CCC(C)C)C2)C1. The van der Waals surface area contributed by atoms with Gasteiger partial charge in [0, 0.05) is 49.9 Å². The molecule has 2 aliphatic heterocycles. The van der Waals surface area contributed by atoms with Crippen LogP contribution < -0.4 is 0 Å². The summed E-state index contributed by atoms with van der Waals surface area (Å²) >= 11 is 0. The maximum Gasteiger partial charge on any atom is 0.255 e. The molecule has 0 aliphatic carbocycles. The van der Waals surface area contributed by atoms with Gasteiger partial charge in [-0.1, -0.05) is 13.8 Å². The molecule has 0 bridgehead atoms. The number of amides is 2. The molecule has 0 saturated carbocycles. The molecule has 2 aliphatic rings. The van der Waals surface area contributed by atoms with Gasteiger partial charge in [-0.05, 0) is 44.6 Å². The van der Waals surface area contributed by atoms with Crippen LogP contribution in [0.25, 0.3) is 0 Å². The standard InChI is InChI=1S/C20H31N3O2/c1-15(2)7-12-22-13-20(9-5-18(22)24)8-4-11-23(14-20)19(25)17-6-10-21-16(17)3/h6,10,15,21H,4-5,7-9,11-14H2,1-3H3/t20-/m1/s1. The van der Waals surface area contributed by atoms with Gasteiger partial charge in [0.25, 0.3) is 5.91 Å². The van der Waals surface area contributed by atoms with Crippen LogP contribution in [-0.2, 0) is 4.79 Å². The molecule has 2 fully saturated rings. The first-order valence-corrected chi connectivity index (χ1v) is 9.61. The molecule has 3 heterocycles. The molecule has 138 valence electrons. The third-order valence-electron chi connectivity index (χ3n) is 5.86. The first kappa shape index (κ1) is 18.0. The number of hydrogen-bond acceptors (Lipinski definition) is 2. The molecule has 0 radical (unpaired) electrons. The Kier molecular flexibility index (Phi) is 5.21. The highest BCUT2D eigenvalue weighted by Crippen LogP contribution is 2.39. The third kappa shape index (κ3) is 3.91. The van der Waals surface area contributed by atoms with Crippen LogP contribution in [0.5, 0.6) is 0 Å². The van der Waals surface area contributed by atoms with Gasteiger partial charge in [0.15, 0.2) is 0 Å². The van der Waals surface area contributed by atoms with Crippen molar-refractivity contribution in [3.8, 4) is 0 Å². The van der Waals surface area contributed by atoms with Crippen molar-refractivity contribution in [3.05, 3.63) is 23.5 Å². The van der Waals surface area contributed by atoms with E-state index in [4.69, 9.17) is 0 Å². The Labute approximate surface area is 150 Å². The van der Waals surface area contributed by atoms with Crippen LogP contribution in [0.1, 0.15) is 62.0 Å². The normalized spacial score (nSPS) is 24.4. The molecule has 3 rings (SSSR count). The smallest absolute Gasteiger partial charge is 0.255 e. The Balaban J connectivity index is 1.70. The molecule has 0 aromatic carbocycles. The molecule has 2 saturated heterocycles. The number of likely N-dealkylation sites (tertiary alicyclic amines) is 2. The minimum atomic E-state index is 0.0863. The minimum absolute atomic E-state index is 0.0863. The Morgan fingerprint density at radius 1 is 1.32 bits per heavy atom. The molecular weight excluding hydrogens is 314 g/mol. The van der Waals surface area contributed by atoms with E-state index in [1.165, 1.54) is 0 Å². The van der Waals surface area contributed by atoms with Gasteiger partial charge >= 0.3 is 0 Å². The van der Waals surface area contributed by atoms with Crippen LogP contribution in [0.2, 0.25) is 0 Å². The zero-order chi connectivity index (χ0) is 18.0. The summed E-state index contributed by atoms with van der Waals surface area (Å²) in [6, 6.07) is 1.87. The van der Waals surface area contributed by atoms with Crippen LogP contribution in [0.4, 0.5) is 0 Å². The summed E-state index contributed by atoms with van der Waals surface area (Å²) < 4.78 is 0. The van der Waals surface area contributed by atoms with Crippen LogP contribution >= 0.6 is 0 Å². The third-order valence-corrected chi connectivity index (χ3v) is 5.86. The summed E-state index contributed by atoms with van der Waals surface area (Å²) in [5.74, 6) is 1.02. The van der Waals surface area contributed by atoms with Gasteiger partial charge in [0.2, 0.25) is 5.91 Å². The van der Waals surface area contributed by atoms with Crippen molar-refractivity contribution >= 4 is 11.8 Å². The molecule has 1 aromatic heterocycles. The highest BCUT2D eigenvalue weighted by Gasteiger charge is 2.42. The Morgan fingerprint density at radius 2 is 2.12 bits per heavy atom. The number of aryl methyl sites for hydroxylation is 1. The molecule has 25 heavy (non-hydrogen) atoms. The maximum absolute atomic E-state index is 12.9. The summed E-state index contributed by atoms with van der Waals surface area (Å²) in [4.78, 5) is 32.4. The van der Waals surface area contributed by atoms with Crippen molar-refractivity contribution in [3.63, 3.8) is 0 Å². The summed E-state index contributed by atoms with van der Waals surface area (Å²) in [6.07, 6.45) is 6.57. The molecule has 1 aromatic rings. The maximum atomic E-state index is 12.9. The molecule has 5 nitrogen and oxygen atoms in total. The lowest BCUT2D eigenvalue weighted by Gasteiger charge is -2.48. The number of nitrogens with one attached hydrogen (secondary N) is 1. The van der Waals surface area contributed by atoms with E-state index in [0.717, 1.165) is 63.1 Å². The van der Waals surface area contributed by atoms with E-state index in [0.29, 0.717) is 12.3 Å². The second-order valence-electron chi connectivity index (χ2n) is 8.34. The Morgan fingerprint density at radius 3 is 2.80 bits per heavy atom. The van der Waals surface area contributed by atoms with Crippen LogP contribution in [0, 0.1) is 18.3 Å². The fraction of sp³-hybridized carbons (Fsp3) is 0.700. The summed E-state index contributed by atoms with van der Waals surface area (Å²) in [5, 5.41) is 0. The second kappa shape index (κ2) is 7.22. The average Bonchev–Trinajstić information content (AvgIpc) is 3.01. The molecule has 1 atom stereocenters. The molecule has 1 spiro atoms. The lowest BCUT2D eigenvalue weighted by atomic mass is 9.73. The number of rotatable bonds is 4. The van der Waals surface area contributed by atoms with Gasteiger partial charge in [0.05, 0.1) is 5.56 Å². The number of carbonyl (C=O) groups is 2. The van der Waals surface area contributed by atoms with Crippen molar-refractivity contribution in [2.45, 2.75) is 52.9 Å². The fourth-order valence-corrected chi connectivity index (χ4v) is 4.29. The Hall–Kier alpha value is -1.78. The van der Waals surface area contributed by atoms with Gasteiger partial charge in [-0.25, -0.2) is 0 Å². The van der Waals surface area contributed by atoms with Gasteiger partial charge < -0.3 is 14.8 Å². The van der Waals surface area contributed by atoms with Gasteiger partial charge in [-0.2, -0.15) is 0 Å². The zero-order valence-electron chi connectivity index (χ0n) is 15.8. The van der Waals surface area contributed by atoms with E-state index < -0.39 is 0 Å². The summed E-state index contributed by atoms with van der Waals surface area (Å²) in [7, 11) is 0. The van der Waals surface area contributed by atoms with Crippen molar-refractivity contribution in [1.82, 2.24) is 14.8 Å². The lowest BCUT2D eigenvalue weighted by Crippen LogP contribution is -2.55. The van der Waals surface area contributed by atoms with E-state index in [9.17, 15) is 9.59 Å². The number of nitrogens with zero attached hydrogens (tertiary/aromatic N) is 2. The largest absolute Gasteiger partial charge is 0.365 e. The predicted molar refractivity (Wildman–Crippen MR) is 98.4 cm³/mol. The topological polar surface area (TPSA) is 56.4 Å². The van der Waals surface area contributed by atoms with Gasteiger partial charge in [-0.3, -0.25) is 9.59 Å². The van der Waals surface area contributed by atoms with Crippen molar-refractivity contribution < 1.29 is 9.59 Å². The van der Waals surface area contributed by atoms with Crippen molar-refractivity contribution in [1.29, 1.82) is 0 Å². The van der Waals surface area contributed by atoms with Crippen molar-refractivity contribution in [2.75, 3.05) is 26.2 Å². The number of piperidine rings is 2. The van der Waals surface area contributed by atoms with Gasteiger partial charge in [0.1, 0.15) is 0 Å². The average molecular weight is 345 g/mol. The van der Waals surface area contributed by atoms with E-state index in [1.54, 1.807) is 0 Å². The zero-order valence-corrected chi connectivity index (χ0v) is 15.8. The highest BCUT2D eigenvalue weighted by atomic mass is 16.2. The molecule has 0 unspecified atom stereocenters. The van der Waals surface area contributed by atoms with Crippen LogP contribution in [0.15, 0.2) is 12.3 Å². The van der Waals surface area contributed by atoms with Crippen molar-refractivity contribution in [2.24, 2.45) is 11.3 Å². The minimum Gasteiger partial charge on any atom is -0.365 e. The number of aromatic nitrogens is 1. The first-order chi connectivity index (χ1) is 11.9. The second-order valence-corrected chi connectivity index (χ2v) is 8.34. The van der Waals surface area contributed by atoms with E-state index in [-0.39, 0.29) is 17.2 Å². The lowest BCUT2D eigenvalue weighted by molar-refractivity contribution is -0.139. The molecular formula is C20H31N3O2. The first-order valence-electron chi connectivity index (χ1n) is 9.61. The van der Waals surface area contributed by atoms with E-state index in [2.05, 4.69) is 23.7 Å². The van der Waals surface area contributed by atoms with E-state index >= 15 is 0 Å². The highest BCUT2D eigenvalue weighted by molar-refractivity contribution is 5.95. The molecule has 2 amide bonds. The summed E-state index contributed by atoms with van der Waals surface area (Å²) in [5.41, 5.74) is 1.80. The van der Waals surface area contributed by atoms with Crippen LogP contribution in [-0.4, -0.2) is 52.8 Å². The predicted octanol–water partition coefficient (Wildman–Crippen LogP) is 3.21. The van der Waals surface area contributed by atoms with Gasteiger partial charge in [-0.15, -0.1) is 0 Å². The summed E-state index contributed by atoms with van der Waals surface area (Å²) in [6.45, 7) is 9.61. The number of aromatic amines is 1. The quantitative estimate of drug-likeness (QED) is 0.911. The number of hydrogen-bond donors (Lipinski definition) is 1. The number of carbonyl (C=O) groups excluding carboxylic acids is 2. The Bertz CT molecular complexity index is 637. The monoisotopic (exact) mass is 345 g/mol. The van der Waals surface area contributed by atoms with Crippen LogP contribution in [0.3, 0.4) is 0 Å². The van der Waals surface area contributed by atoms with E-state index in [1.807, 2.05) is 24.1 Å². The fourth-order valence-electron chi connectivity index (χ4n) is 4.29. The molecule has 5 heteroatoms.